The molecule has 542 valence electrons. The summed E-state index contributed by atoms with van der Waals surface area (Å²) in [6, 6.07) is -0.386. The number of carbonyl (C=O) groups is 8. The van der Waals surface area contributed by atoms with Crippen LogP contribution >= 0.6 is 23.2 Å². The van der Waals surface area contributed by atoms with Gasteiger partial charge < -0.3 is 128 Å². The van der Waals surface area contributed by atoms with Crippen molar-refractivity contribution in [3.05, 3.63) is 117 Å². The Kier molecular flexibility index (Phi) is 22.2. The molecular formula is C66H75Cl2N9O24. The topological polar surface area (TPSA) is 530 Å². The van der Waals surface area contributed by atoms with Gasteiger partial charge in [0.25, 0.3) is 0 Å². The molecule has 0 saturated carbocycles. The highest BCUT2D eigenvalue weighted by Crippen LogP contribution is 2.50. The van der Waals surface area contributed by atoms with Gasteiger partial charge in [-0.2, -0.15) is 0 Å². The minimum atomic E-state index is -2.35. The van der Waals surface area contributed by atoms with E-state index in [1.165, 1.54) is 45.2 Å². The second-order valence-electron chi connectivity index (χ2n) is 25.7. The minimum absolute atomic E-state index is 0.0953. The van der Waals surface area contributed by atoms with Crippen LogP contribution in [0.15, 0.2) is 78.9 Å². The standard InChI is InChI=1S/C66H75Cl2N9O24/c1-23(2)12-34(71-5)58(88)76-49-51(83)26-7-10-38(32(67)14-26)97-40-16-28-17-41(56(40)101-65-54(86)53(85)52(84)42(22-78)99-65)98-39-11-8-27(15-33(39)68)55(100-44-21-66(4,70)57(87)24(3)96-44)50-63(93)75-48(64(94)95)31-18-29(79)19-37(81)45(31)30-13-25(6-9-36(30)80)46(60(90)77-50)74-61(91)47(28)73-59(89)35(20-43(69)82)72-62(49)92/h6-11,13-19,23-24,34-35,42,44,46-55,57,65,71,78-81,83-87H,12,20-22,70H2,1-5H3,(H2,69,82)(H,72,92)(H,73,89)(H,74,91)(H,75,93)(H,76,88)(H,77,90)(H,94,95)/t24-,34+,35-,42+,44?,46+,47+,48+,49+,50-,51+,52+,53-,54+,55+,57-,65-,66-/m0/s1. The smallest absolute Gasteiger partial charge is 0.330 e. The van der Waals surface area contributed by atoms with Gasteiger partial charge in [0, 0.05) is 34.7 Å². The van der Waals surface area contributed by atoms with Crippen molar-refractivity contribution in [3.63, 3.8) is 0 Å². The molecule has 101 heavy (non-hydrogen) atoms. The molecule has 7 amide bonds. The van der Waals surface area contributed by atoms with E-state index in [-0.39, 0.29) is 52.0 Å². The van der Waals surface area contributed by atoms with Crippen molar-refractivity contribution < 1.29 is 118 Å². The Morgan fingerprint density at radius 2 is 1.33 bits per heavy atom. The molecule has 2 fully saturated rings. The maximum atomic E-state index is 16.1. The van der Waals surface area contributed by atoms with Gasteiger partial charge in [0.15, 0.2) is 23.8 Å². The number of carboxylic acids is 1. The summed E-state index contributed by atoms with van der Waals surface area (Å²) in [5.74, 6) is -16.0. The van der Waals surface area contributed by atoms with Gasteiger partial charge in [0.05, 0.1) is 41.3 Å². The number of aliphatic carboxylic acids is 1. The van der Waals surface area contributed by atoms with Crippen LogP contribution < -0.4 is 62.9 Å². The van der Waals surface area contributed by atoms with E-state index in [1.807, 2.05) is 13.8 Å². The molecular weight excluding hydrogens is 1370 g/mol. The lowest BCUT2D eigenvalue weighted by molar-refractivity contribution is -0.277. The van der Waals surface area contributed by atoms with E-state index in [9.17, 15) is 70.2 Å². The molecule has 35 heteroatoms. The lowest BCUT2D eigenvalue weighted by Gasteiger charge is -2.44. The van der Waals surface area contributed by atoms with Gasteiger partial charge in [-0.15, -0.1) is 0 Å². The first-order valence-electron chi connectivity index (χ1n) is 31.6. The Balaban J connectivity index is 1.26. The molecule has 12 rings (SSSR count). The van der Waals surface area contributed by atoms with Gasteiger partial charge in [-0.05, 0) is 110 Å². The van der Waals surface area contributed by atoms with E-state index in [4.69, 9.17) is 63.1 Å². The van der Waals surface area contributed by atoms with Crippen molar-refractivity contribution in [1.82, 2.24) is 37.2 Å². The Bertz CT molecular complexity index is 4070. The van der Waals surface area contributed by atoms with E-state index >= 15 is 19.2 Å². The maximum Gasteiger partial charge on any atom is 0.330 e. The molecule has 1 unspecified atom stereocenters. The second-order valence-corrected chi connectivity index (χ2v) is 26.5. The summed E-state index contributed by atoms with van der Waals surface area (Å²) < 4.78 is 38.0. The van der Waals surface area contributed by atoms with Crippen molar-refractivity contribution in [2.45, 2.75) is 156 Å². The number of carboxylic acid groups (broad SMARTS) is 1. The number of amides is 7. The number of aromatic hydroxyl groups is 3. The van der Waals surface area contributed by atoms with Crippen LogP contribution in [-0.4, -0.2) is 191 Å². The van der Waals surface area contributed by atoms with Crippen LogP contribution in [0, 0.1) is 5.92 Å². The van der Waals surface area contributed by atoms with Gasteiger partial charge >= 0.3 is 5.97 Å². The first-order chi connectivity index (χ1) is 47.7. The van der Waals surface area contributed by atoms with Gasteiger partial charge in [0.1, 0.15) is 95.6 Å². The van der Waals surface area contributed by atoms with Crippen LogP contribution in [0.4, 0.5) is 0 Å². The largest absolute Gasteiger partial charge is 0.508 e. The molecule has 0 aliphatic carbocycles. The SMILES string of the molecule is CN[C@H](CC(C)C)C(=O)N[C@H]1C(=O)N[C@@H](CC(N)=O)C(=O)N[C@H]2C(=O)N[C@H]3C(=O)N[C@H](C(=O)N[C@@H](C(=O)O)c4cc(O)cc(O)c4-c4cc3ccc4O)[C@H](OC3C[C@](C)(N)[C@@H](O)[C@H](C)O3)c3ccc(c(Cl)c3)Oc3cc2cc(c3O[C@@H]2O[C@H](CO)[C@@H](O)[C@H](O)[C@H]2O)Oc2ccc(cc2Cl)[C@H]1O. The predicted molar refractivity (Wildman–Crippen MR) is 349 cm³/mol. The number of nitrogens with two attached hydrogens (primary N) is 2. The summed E-state index contributed by atoms with van der Waals surface area (Å²) in [6.07, 6.45) is -19.0. The van der Waals surface area contributed by atoms with Crippen molar-refractivity contribution in [2.75, 3.05) is 13.7 Å². The third kappa shape index (κ3) is 15.8. The molecule has 2 saturated heterocycles. The van der Waals surface area contributed by atoms with E-state index in [0.29, 0.717) is 0 Å². The number of aliphatic hydroxyl groups is 6. The molecule has 7 aliphatic rings. The van der Waals surface area contributed by atoms with E-state index < -0.39 is 231 Å². The maximum absolute atomic E-state index is 16.1. The highest BCUT2D eigenvalue weighted by Gasteiger charge is 2.49. The Morgan fingerprint density at radius 1 is 0.713 bits per heavy atom. The monoisotopic (exact) mass is 1450 g/mol. The summed E-state index contributed by atoms with van der Waals surface area (Å²) in [5, 5.41) is 129. The highest BCUT2D eigenvalue weighted by molar-refractivity contribution is 6.32. The van der Waals surface area contributed by atoms with Crippen molar-refractivity contribution >= 4 is 70.5 Å². The highest BCUT2D eigenvalue weighted by atomic mass is 35.5. The van der Waals surface area contributed by atoms with Crippen LogP contribution in [0.5, 0.6) is 46.0 Å². The Morgan fingerprint density at radius 3 is 1.93 bits per heavy atom. The summed E-state index contributed by atoms with van der Waals surface area (Å²) in [6.45, 7) is 5.60. The predicted octanol–water partition coefficient (Wildman–Crippen LogP) is 0.106. The van der Waals surface area contributed by atoms with Crippen LogP contribution in [0.25, 0.3) is 11.1 Å². The zero-order chi connectivity index (χ0) is 73.5. The Labute approximate surface area is 584 Å². The molecule has 7 heterocycles. The van der Waals surface area contributed by atoms with Crippen molar-refractivity contribution in [2.24, 2.45) is 17.4 Å². The molecule has 0 aromatic heterocycles. The molecule has 5 aromatic rings. The third-order valence-corrected chi connectivity index (χ3v) is 18.4. The normalized spacial score (nSPS) is 29.4. The van der Waals surface area contributed by atoms with Crippen molar-refractivity contribution in [3.8, 4) is 57.1 Å². The summed E-state index contributed by atoms with van der Waals surface area (Å²) in [4.78, 5) is 118. The number of benzene rings is 5. The van der Waals surface area contributed by atoms with E-state index in [0.717, 1.165) is 54.6 Å². The number of carbonyl (C=O) groups excluding carboxylic acids is 7. The molecule has 0 radical (unpaired) electrons. The summed E-state index contributed by atoms with van der Waals surface area (Å²) in [7, 11) is 1.47. The van der Waals surface area contributed by atoms with Crippen LogP contribution in [-0.2, 0) is 52.6 Å². The molecule has 21 N–H and O–H groups in total. The number of hydrogen-bond acceptors (Lipinski definition) is 25. The lowest BCUT2D eigenvalue weighted by atomic mass is 9.86. The van der Waals surface area contributed by atoms with Gasteiger partial charge in [-0.1, -0.05) is 55.2 Å². The number of nitrogens with one attached hydrogen (secondary N) is 7. The number of rotatable bonds is 13. The lowest BCUT2D eigenvalue weighted by Crippen LogP contribution is -2.61. The third-order valence-electron chi connectivity index (χ3n) is 17.8. The summed E-state index contributed by atoms with van der Waals surface area (Å²) >= 11 is 14.2. The molecule has 18 atom stereocenters. The molecule has 0 spiro atoms. The number of phenolic OH excluding ortho intramolecular Hbond substituents is 3. The van der Waals surface area contributed by atoms with E-state index in [2.05, 4.69) is 37.2 Å². The average Bonchev–Trinajstić information content (AvgIpc) is 0.770. The average molecular weight is 1450 g/mol. The number of hydrogen-bond donors (Lipinski definition) is 19. The zero-order valence-electron chi connectivity index (χ0n) is 54.3. The fourth-order valence-electron chi connectivity index (χ4n) is 12.5. The zero-order valence-corrected chi connectivity index (χ0v) is 55.8. The van der Waals surface area contributed by atoms with Crippen molar-refractivity contribution in [1.29, 1.82) is 0 Å². The number of aliphatic hydroxyl groups excluding tert-OH is 6. The van der Waals surface area contributed by atoms with E-state index in [1.54, 1.807) is 0 Å². The molecule has 11 bridgehead atoms. The Hall–Kier alpha value is -9.20. The van der Waals surface area contributed by atoms with Crippen LogP contribution in [0.3, 0.4) is 0 Å². The number of ether oxygens (including phenoxy) is 6. The second kappa shape index (κ2) is 30.2. The molecule has 5 aromatic carbocycles. The number of phenols is 3. The summed E-state index contributed by atoms with van der Waals surface area (Å²) in [5.41, 5.74) is 8.15. The number of likely N-dealkylation sites (N-methyl/N-ethyl adjacent to an activating group) is 1. The molecule has 7 aliphatic heterocycles. The number of fused-ring (bicyclic) bond motifs is 15. The van der Waals surface area contributed by atoms with Crippen LogP contribution in [0.2, 0.25) is 10.0 Å². The van der Waals surface area contributed by atoms with Gasteiger partial charge in [0.2, 0.25) is 53.4 Å². The fraction of sp³-hybridized carbons (Fsp3) is 0.424. The fourth-order valence-corrected chi connectivity index (χ4v) is 12.9. The quantitative estimate of drug-likeness (QED) is 0.0743. The number of primary amides is 1. The minimum Gasteiger partial charge on any atom is -0.508 e. The number of halogens is 2. The first kappa shape index (κ1) is 74.5. The van der Waals surface area contributed by atoms with Crippen LogP contribution in [0.1, 0.15) is 105 Å². The van der Waals surface area contributed by atoms with Gasteiger partial charge in [-0.3, -0.25) is 33.6 Å². The van der Waals surface area contributed by atoms with Gasteiger partial charge in [-0.25, -0.2) is 4.79 Å². The first-order valence-corrected chi connectivity index (χ1v) is 32.4. The molecule has 33 nitrogen and oxygen atoms in total.